The molecule has 0 spiro atoms. The van der Waals surface area contributed by atoms with E-state index in [0.717, 1.165) is 18.3 Å². The highest BCUT2D eigenvalue weighted by molar-refractivity contribution is 9.08. The first-order chi connectivity index (χ1) is 9.47. The van der Waals surface area contributed by atoms with Crippen LogP contribution < -0.4 is 4.31 Å². The van der Waals surface area contributed by atoms with Crippen LogP contribution >= 0.6 is 28.7 Å². The summed E-state index contributed by atoms with van der Waals surface area (Å²) in [4.78, 5) is 0. The zero-order valence-electron chi connectivity index (χ0n) is 12.9. The highest BCUT2D eigenvalue weighted by Crippen LogP contribution is 2.24. The van der Waals surface area contributed by atoms with Crippen molar-refractivity contribution in [3.63, 3.8) is 0 Å². The topological polar surface area (TPSA) is 3.24 Å². The van der Waals surface area contributed by atoms with Crippen molar-refractivity contribution in [1.82, 2.24) is 0 Å². The second-order valence-corrected chi connectivity index (χ2v) is 6.70. The number of anilines is 1. The van der Waals surface area contributed by atoms with Gasteiger partial charge in [0.25, 0.3) is 0 Å². The standard InChI is InChI=1S/C17H26BrNS/c1-5-8-19(20)17-10-15(9-16(11-17)12-18)7-6-14(4)13(2)3/h6-7,9-11,13-14,20H,5,8,12H2,1-4H3/b7-6-. The molecule has 0 saturated carbocycles. The van der Waals surface area contributed by atoms with E-state index in [4.69, 9.17) is 0 Å². The molecule has 0 fully saturated rings. The molecule has 0 aromatic heterocycles. The second kappa shape index (κ2) is 8.78. The molecule has 1 aromatic rings. The van der Waals surface area contributed by atoms with Crippen molar-refractivity contribution >= 4 is 40.5 Å². The lowest BCUT2D eigenvalue weighted by molar-refractivity contribution is 0.506. The van der Waals surface area contributed by atoms with Crippen LogP contribution in [0.1, 0.15) is 45.2 Å². The van der Waals surface area contributed by atoms with Crippen molar-refractivity contribution in [3.8, 4) is 0 Å². The molecule has 1 nitrogen and oxygen atoms in total. The number of nitrogens with zero attached hydrogens (tertiary/aromatic N) is 1. The van der Waals surface area contributed by atoms with Gasteiger partial charge in [0, 0.05) is 17.6 Å². The summed E-state index contributed by atoms with van der Waals surface area (Å²) in [6, 6.07) is 6.63. The minimum Gasteiger partial charge on any atom is -0.319 e. The molecule has 1 rings (SSSR count). The predicted molar refractivity (Wildman–Crippen MR) is 98.7 cm³/mol. The lowest BCUT2D eigenvalue weighted by Crippen LogP contribution is -2.11. The van der Waals surface area contributed by atoms with E-state index < -0.39 is 0 Å². The highest BCUT2D eigenvalue weighted by atomic mass is 79.9. The maximum Gasteiger partial charge on any atom is 0.0476 e. The maximum absolute atomic E-state index is 4.57. The molecule has 0 N–H and O–H groups in total. The molecular weight excluding hydrogens is 330 g/mol. The van der Waals surface area contributed by atoms with Crippen molar-refractivity contribution in [2.45, 2.75) is 39.4 Å². The second-order valence-electron chi connectivity index (χ2n) is 5.65. The van der Waals surface area contributed by atoms with Gasteiger partial charge in [-0.1, -0.05) is 74.7 Å². The molecule has 0 bridgehead atoms. The molecule has 0 heterocycles. The molecule has 0 saturated heterocycles. The lowest BCUT2D eigenvalue weighted by atomic mass is 9.96. The fourth-order valence-corrected chi connectivity index (χ4v) is 2.49. The van der Waals surface area contributed by atoms with Gasteiger partial charge in [-0.25, -0.2) is 0 Å². The Labute approximate surface area is 138 Å². The number of benzene rings is 1. The van der Waals surface area contributed by atoms with Crippen molar-refractivity contribution in [2.24, 2.45) is 11.8 Å². The van der Waals surface area contributed by atoms with Gasteiger partial charge in [-0.15, -0.1) is 0 Å². The summed E-state index contributed by atoms with van der Waals surface area (Å²) >= 11 is 8.12. The summed E-state index contributed by atoms with van der Waals surface area (Å²) in [7, 11) is 0. The highest BCUT2D eigenvalue weighted by Gasteiger charge is 2.05. The van der Waals surface area contributed by atoms with E-state index in [9.17, 15) is 0 Å². The Balaban J connectivity index is 2.98. The van der Waals surface area contributed by atoms with Gasteiger partial charge in [0.1, 0.15) is 0 Å². The molecule has 3 heteroatoms. The van der Waals surface area contributed by atoms with Gasteiger partial charge in [0.05, 0.1) is 0 Å². The molecule has 112 valence electrons. The number of thiol groups is 1. The van der Waals surface area contributed by atoms with Gasteiger partial charge < -0.3 is 4.31 Å². The average molecular weight is 356 g/mol. The summed E-state index contributed by atoms with van der Waals surface area (Å²) < 4.78 is 2.02. The zero-order valence-corrected chi connectivity index (χ0v) is 15.4. The number of hydrogen-bond donors (Lipinski definition) is 1. The van der Waals surface area contributed by atoms with E-state index in [1.54, 1.807) is 0 Å². The minimum absolute atomic E-state index is 0.592. The zero-order chi connectivity index (χ0) is 15.1. The van der Waals surface area contributed by atoms with Crippen LogP contribution in [0.5, 0.6) is 0 Å². The fraction of sp³-hybridized carbons (Fsp3) is 0.529. The van der Waals surface area contributed by atoms with Gasteiger partial charge in [0.15, 0.2) is 0 Å². The predicted octanol–water partition coefficient (Wildman–Crippen LogP) is 5.95. The van der Waals surface area contributed by atoms with Gasteiger partial charge in [-0.2, -0.15) is 0 Å². The third-order valence-corrected chi connectivity index (χ3v) is 4.61. The Morgan fingerprint density at radius 3 is 2.50 bits per heavy atom. The molecule has 1 atom stereocenters. The van der Waals surface area contributed by atoms with Crippen molar-refractivity contribution in [2.75, 3.05) is 10.8 Å². The van der Waals surface area contributed by atoms with Crippen LogP contribution in [0, 0.1) is 11.8 Å². The number of halogens is 1. The molecular formula is C17H26BrNS. The Hall–Kier alpha value is -0.410. The Bertz CT molecular complexity index is 443. The smallest absolute Gasteiger partial charge is 0.0476 e. The molecule has 20 heavy (non-hydrogen) atoms. The maximum atomic E-state index is 4.57. The molecule has 0 aliphatic heterocycles. The van der Waals surface area contributed by atoms with Crippen LogP contribution in [0.3, 0.4) is 0 Å². The molecule has 0 aliphatic carbocycles. The summed E-state index contributed by atoms with van der Waals surface area (Å²) in [5.74, 6) is 1.26. The number of allylic oxidation sites excluding steroid dienone is 1. The first-order valence-electron chi connectivity index (χ1n) is 7.32. The summed E-state index contributed by atoms with van der Waals surface area (Å²) in [6.07, 6.45) is 5.62. The van der Waals surface area contributed by atoms with Crippen LogP contribution in [-0.2, 0) is 5.33 Å². The molecule has 0 aliphatic rings. The van der Waals surface area contributed by atoms with E-state index in [1.807, 2.05) is 4.31 Å². The van der Waals surface area contributed by atoms with Crippen LogP contribution in [0.15, 0.2) is 24.3 Å². The van der Waals surface area contributed by atoms with Crippen LogP contribution in [0.25, 0.3) is 6.08 Å². The normalized spacial score (nSPS) is 13.2. The van der Waals surface area contributed by atoms with E-state index >= 15 is 0 Å². The minimum atomic E-state index is 0.592. The largest absolute Gasteiger partial charge is 0.319 e. The van der Waals surface area contributed by atoms with Gasteiger partial charge in [-0.3, -0.25) is 0 Å². The van der Waals surface area contributed by atoms with E-state index in [2.05, 4.69) is 86.8 Å². The first kappa shape index (κ1) is 17.6. The van der Waals surface area contributed by atoms with Crippen molar-refractivity contribution in [3.05, 3.63) is 35.4 Å². The van der Waals surface area contributed by atoms with Gasteiger partial charge >= 0.3 is 0 Å². The average Bonchev–Trinajstić information content (AvgIpc) is 2.44. The monoisotopic (exact) mass is 355 g/mol. The SMILES string of the molecule is CCCN(S)c1cc(/C=C\C(C)C(C)C)cc(CBr)c1. The molecule has 0 radical (unpaired) electrons. The molecule has 0 amide bonds. The molecule has 1 unspecified atom stereocenters. The van der Waals surface area contributed by atoms with Crippen LogP contribution in [-0.4, -0.2) is 6.54 Å². The van der Waals surface area contributed by atoms with Crippen LogP contribution in [0.2, 0.25) is 0 Å². The van der Waals surface area contributed by atoms with E-state index in [0.29, 0.717) is 11.8 Å². The van der Waals surface area contributed by atoms with E-state index in [-0.39, 0.29) is 0 Å². The summed E-state index contributed by atoms with van der Waals surface area (Å²) in [5.41, 5.74) is 3.71. The van der Waals surface area contributed by atoms with Crippen LogP contribution in [0.4, 0.5) is 5.69 Å². The Morgan fingerprint density at radius 1 is 1.25 bits per heavy atom. The van der Waals surface area contributed by atoms with Gasteiger partial charge in [-0.05, 0) is 41.5 Å². The number of hydrogen-bond acceptors (Lipinski definition) is 2. The Morgan fingerprint density at radius 2 is 1.95 bits per heavy atom. The number of rotatable bonds is 7. The summed E-state index contributed by atoms with van der Waals surface area (Å²) in [6.45, 7) is 9.90. The molecule has 1 aromatic carbocycles. The quantitative estimate of drug-likeness (QED) is 0.467. The van der Waals surface area contributed by atoms with E-state index in [1.165, 1.54) is 16.8 Å². The van der Waals surface area contributed by atoms with Crippen molar-refractivity contribution in [1.29, 1.82) is 0 Å². The summed E-state index contributed by atoms with van der Waals surface area (Å²) in [5, 5.41) is 0.870. The van der Waals surface area contributed by atoms with Gasteiger partial charge in [0.2, 0.25) is 0 Å². The third kappa shape index (κ3) is 5.53. The van der Waals surface area contributed by atoms with Crippen molar-refractivity contribution < 1.29 is 0 Å². The fourth-order valence-electron chi connectivity index (χ4n) is 1.85. The third-order valence-electron chi connectivity index (χ3n) is 3.53. The Kier molecular flexibility index (Phi) is 7.75. The first-order valence-corrected chi connectivity index (χ1v) is 8.84. The number of alkyl halides is 1. The lowest BCUT2D eigenvalue weighted by Gasteiger charge is -2.18.